The van der Waals surface area contributed by atoms with Gasteiger partial charge in [0.05, 0.1) is 5.54 Å². The molecule has 78 valence electrons. The van der Waals surface area contributed by atoms with Crippen molar-refractivity contribution in [1.29, 1.82) is 0 Å². The highest BCUT2D eigenvalue weighted by Crippen LogP contribution is 2.08. The Balaban J connectivity index is 4.08. The molecule has 0 saturated heterocycles. The summed E-state index contributed by atoms with van der Waals surface area (Å²) in [6, 6.07) is 0. The lowest BCUT2D eigenvalue weighted by atomic mass is 9.97. The summed E-state index contributed by atoms with van der Waals surface area (Å²) in [6.07, 6.45) is 1.59. The molecule has 0 radical (unpaired) electrons. The lowest BCUT2D eigenvalue weighted by Gasteiger charge is -2.26. The van der Waals surface area contributed by atoms with Crippen LogP contribution in [-0.4, -0.2) is 31.7 Å². The zero-order chi connectivity index (χ0) is 10.3. The van der Waals surface area contributed by atoms with Gasteiger partial charge in [-0.05, 0) is 26.3 Å². The van der Waals surface area contributed by atoms with Gasteiger partial charge < -0.3 is 15.8 Å². The van der Waals surface area contributed by atoms with Crippen LogP contribution in [0.1, 0.15) is 26.7 Å². The Kier molecular flexibility index (Phi) is 5.66. The standard InChI is InChI=1S/C9H20N2O2/c1-4-6-11-9(2,8(10)12)5-7-13-3/h11H,4-7H2,1-3H3,(H2,10,12). The van der Waals surface area contributed by atoms with E-state index in [0.717, 1.165) is 13.0 Å². The molecule has 1 atom stereocenters. The average molecular weight is 188 g/mol. The summed E-state index contributed by atoms with van der Waals surface area (Å²) in [4.78, 5) is 11.1. The second kappa shape index (κ2) is 5.94. The van der Waals surface area contributed by atoms with Crippen molar-refractivity contribution in [3.05, 3.63) is 0 Å². The normalized spacial score (nSPS) is 15.3. The molecule has 0 aromatic heterocycles. The van der Waals surface area contributed by atoms with E-state index in [9.17, 15) is 4.79 Å². The number of methoxy groups -OCH3 is 1. The largest absolute Gasteiger partial charge is 0.385 e. The fraction of sp³-hybridized carbons (Fsp3) is 0.889. The Bertz CT molecular complexity index is 152. The molecule has 0 aliphatic carbocycles. The van der Waals surface area contributed by atoms with Gasteiger partial charge in [-0.15, -0.1) is 0 Å². The predicted molar refractivity (Wildman–Crippen MR) is 52.4 cm³/mol. The van der Waals surface area contributed by atoms with E-state index in [4.69, 9.17) is 10.5 Å². The summed E-state index contributed by atoms with van der Waals surface area (Å²) in [5.41, 5.74) is 4.66. The number of ether oxygens (including phenoxy) is 1. The number of primary amides is 1. The van der Waals surface area contributed by atoms with Gasteiger partial charge in [0, 0.05) is 13.7 Å². The minimum atomic E-state index is -0.633. The highest BCUT2D eigenvalue weighted by Gasteiger charge is 2.29. The molecular formula is C9H20N2O2. The van der Waals surface area contributed by atoms with Crippen LogP contribution < -0.4 is 11.1 Å². The van der Waals surface area contributed by atoms with Crippen molar-refractivity contribution in [1.82, 2.24) is 5.32 Å². The third-order valence-corrected chi connectivity index (χ3v) is 2.12. The molecule has 0 aromatic carbocycles. The van der Waals surface area contributed by atoms with Crippen LogP contribution in [0, 0.1) is 0 Å². The predicted octanol–water partition coefficient (Wildman–Crippen LogP) is 0.267. The molecule has 1 unspecified atom stereocenters. The molecule has 0 bridgehead atoms. The number of nitrogens with two attached hydrogens (primary N) is 1. The van der Waals surface area contributed by atoms with Crippen LogP contribution in [0.5, 0.6) is 0 Å². The maximum absolute atomic E-state index is 11.1. The van der Waals surface area contributed by atoms with Crippen molar-refractivity contribution in [3.8, 4) is 0 Å². The second-order valence-electron chi connectivity index (χ2n) is 3.37. The maximum Gasteiger partial charge on any atom is 0.237 e. The first-order valence-electron chi connectivity index (χ1n) is 4.60. The number of carbonyl (C=O) groups excluding carboxylic acids is 1. The van der Waals surface area contributed by atoms with Gasteiger partial charge in [-0.1, -0.05) is 6.92 Å². The zero-order valence-electron chi connectivity index (χ0n) is 8.72. The van der Waals surface area contributed by atoms with E-state index in [1.807, 2.05) is 13.8 Å². The molecule has 0 saturated carbocycles. The van der Waals surface area contributed by atoms with E-state index >= 15 is 0 Å². The highest BCUT2D eigenvalue weighted by molar-refractivity contribution is 5.84. The molecule has 4 heteroatoms. The van der Waals surface area contributed by atoms with Crippen LogP contribution in [-0.2, 0) is 9.53 Å². The quantitative estimate of drug-likeness (QED) is 0.602. The minimum Gasteiger partial charge on any atom is -0.385 e. The maximum atomic E-state index is 11.1. The van der Waals surface area contributed by atoms with E-state index < -0.39 is 5.54 Å². The molecule has 13 heavy (non-hydrogen) atoms. The minimum absolute atomic E-state index is 0.321. The summed E-state index contributed by atoms with van der Waals surface area (Å²) >= 11 is 0. The number of rotatable bonds is 7. The first-order valence-corrected chi connectivity index (χ1v) is 4.60. The molecule has 1 amide bonds. The third-order valence-electron chi connectivity index (χ3n) is 2.12. The van der Waals surface area contributed by atoms with Gasteiger partial charge in [0.25, 0.3) is 0 Å². The van der Waals surface area contributed by atoms with Gasteiger partial charge >= 0.3 is 0 Å². The third kappa shape index (κ3) is 4.24. The molecule has 4 nitrogen and oxygen atoms in total. The first-order chi connectivity index (χ1) is 6.06. The molecule has 0 rings (SSSR count). The van der Waals surface area contributed by atoms with Crippen molar-refractivity contribution in [2.75, 3.05) is 20.3 Å². The molecule has 0 heterocycles. The van der Waals surface area contributed by atoms with Crippen LogP contribution >= 0.6 is 0 Å². The van der Waals surface area contributed by atoms with Crippen LogP contribution in [0.25, 0.3) is 0 Å². The number of hydrogen-bond acceptors (Lipinski definition) is 3. The Morgan fingerprint density at radius 2 is 2.23 bits per heavy atom. The van der Waals surface area contributed by atoms with Crippen molar-refractivity contribution in [3.63, 3.8) is 0 Å². The van der Waals surface area contributed by atoms with Gasteiger partial charge in [0.1, 0.15) is 0 Å². The van der Waals surface area contributed by atoms with Gasteiger partial charge in [0.2, 0.25) is 5.91 Å². The Hall–Kier alpha value is -0.610. The summed E-state index contributed by atoms with van der Waals surface area (Å²) in [7, 11) is 1.61. The van der Waals surface area contributed by atoms with Gasteiger partial charge in [-0.3, -0.25) is 4.79 Å². The molecule has 0 aromatic rings. The van der Waals surface area contributed by atoms with E-state index in [-0.39, 0.29) is 5.91 Å². The Morgan fingerprint density at radius 3 is 2.62 bits per heavy atom. The molecule has 0 spiro atoms. The monoisotopic (exact) mass is 188 g/mol. The molecule has 3 N–H and O–H groups in total. The summed E-state index contributed by atoms with van der Waals surface area (Å²) in [6.45, 7) is 5.19. The number of hydrogen-bond donors (Lipinski definition) is 2. The van der Waals surface area contributed by atoms with Crippen molar-refractivity contribution in [2.24, 2.45) is 5.73 Å². The van der Waals surface area contributed by atoms with Crippen molar-refractivity contribution in [2.45, 2.75) is 32.2 Å². The summed E-state index contributed by atoms with van der Waals surface area (Å²) in [5, 5.41) is 3.13. The summed E-state index contributed by atoms with van der Waals surface area (Å²) < 4.78 is 4.92. The Morgan fingerprint density at radius 1 is 1.62 bits per heavy atom. The van der Waals surface area contributed by atoms with E-state index in [1.165, 1.54) is 0 Å². The van der Waals surface area contributed by atoms with Crippen molar-refractivity contribution < 1.29 is 9.53 Å². The number of nitrogens with one attached hydrogen (secondary N) is 1. The molecule has 0 aliphatic rings. The van der Waals surface area contributed by atoms with Crippen LogP contribution in [0.2, 0.25) is 0 Å². The SMILES string of the molecule is CCCNC(C)(CCOC)C(N)=O. The average Bonchev–Trinajstić information content (AvgIpc) is 2.11. The lowest BCUT2D eigenvalue weighted by molar-refractivity contribution is -0.124. The number of amides is 1. The zero-order valence-corrected chi connectivity index (χ0v) is 8.72. The topological polar surface area (TPSA) is 64.3 Å². The highest BCUT2D eigenvalue weighted by atomic mass is 16.5. The van der Waals surface area contributed by atoms with Gasteiger partial charge in [0.15, 0.2) is 0 Å². The lowest BCUT2D eigenvalue weighted by Crippen LogP contribution is -2.53. The second-order valence-corrected chi connectivity index (χ2v) is 3.37. The fourth-order valence-electron chi connectivity index (χ4n) is 1.01. The van der Waals surface area contributed by atoms with Crippen LogP contribution in [0.15, 0.2) is 0 Å². The smallest absolute Gasteiger partial charge is 0.237 e. The van der Waals surface area contributed by atoms with E-state index in [1.54, 1.807) is 7.11 Å². The van der Waals surface area contributed by atoms with E-state index in [2.05, 4.69) is 5.32 Å². The van der Waals surface area contributed by atoms with Crippen LogP contribution in [0.3, 0.4) is 0 Å². The summed E-state index contributed by atoms with van der Waals surface area (Å²) in [5.74, 6) is -0.321. The Labute approximate surface area is 79.8 Å². The van der Waals surface area contributed by atoms with Crippen LogP contribution in [0.4, 0.5) is 0 Å². The van der Waals surface area contributed by atoms with E-state index in [0.29, 0.717) is 13.0 Å². The molecule has 0 aliphatic heterocycles. The van der Waals surface area contributed by atoms with Crippen molar-refractivity contribution >= 4 is 5.91 Å². The molecule has 0 fully saturated rings. The molecular weight excluding hydrogens is 168 g/mol. The first kappa shape index (κ1) is 12.4. The number of carbonyl (C=O) groups is 1. The fourth-order valence-corrected chi connectivity index (χ4v) is 1.01. The van der Waals surface area contributed by atoms with Gasteiger partial charge in [-0.2, -0.15) is 0 Å². The van der Waals surface area contributed by atoms with Gasteiger partial charge in [-0.25, -0.2) is 0 Å².